The second-order valence-corrected chi connectivity index (χ2v) is 7.47. The smallest absolute Gasteiger partial charge is 0.417 e. The van der Waals surface area contributed by atoms with Gasteiger partial charge >= 0.3 is 12.1 Å². The number of carbonyl (C=O) groups excluding carboxylic acids is 1. The minimum Gasteiger partial charge on any atom is -0.478 e. The van der Waals surface area contributed by atoms with Gasteiger partial charge in [-0.25, -0.2) is 9.18 Å². The van der Waals surface area contributed by atoms with Crippen LogP contribution in [-0.2, 0) is 6.18 Å². The normalized spacial score (nSPS) is 11.6. The molecule has 4 rings (SSSR count). The van der Waals surface area contributed by atoms with E-state index in [1.54, 1.807) is 7.05 Å². The Hall–Kier alpha value is -3.99. The Bertz CT molecular complexity index is 1470. The fourth-order valence-corrected chi connectivity index (χ4v) is 3.65. The predicted molar refractivity (Wildman–Crippen MR) is 116 cm³/mol. The second-order valence-electron chi connectivity index (χ2n) is 7.07. The van der Waals surface area contributed by atoms with Gasteiger partial charge in [-0.15, -0.1) is 0 Å². The molecule has 0 saturated carbocycles. The number of aromatic nitrogens is 3. The number of anilines is 1. The topological polar surface area (TPSA) is 97.1 Å². The molecular formula is C22H13ClF4N4O3. The van der Waals surface area contributed by atoms with Gasteiger partial charge in [0.15, 0.2) is 0 Å². The van der Waals surface area contributed by atoms with Crippen LogP contribution in [0, 0.1) is 5.82 Å². The minimum absolute atomic E-state index is 0.00920. The molecule has 0 saturated heterocycles. The zero-order chi connectivity index (χ0) is 24.8. The summed E-state index contributed by atoms with van der Waals surface area (Å²) >= 11 is 5.98. The van der Waals surface area contributed by atoms with Crippen molar-refractivity contribution in [2.45, 2.75) is 6.18 Å². The molecule has 12 heteroatoms. The van der Waals surface area contributed by atoms with Crippen molar-refractivity contribution in [3.05, 3.63) is 76.2 Å². The molecule has 2 aromatic carbocycles. The van der Waals surface area contributed by atoms with Crippen molar-refractivity contribution in [2.24, 2.45) is 0 Å². The summed E-state index contributed by atoms with van der Waals surface area (Å²) < 4.78 is 56.3. The van der Waals surface area contributed by atoms with Gasteiger partial charge in [0.05, 0.1) is 39.1 Å². The summed E-state index contributed by atoms with van der Waals surface area (Å²) in [5.41, 5.74) is -2.37. The van der Waals surface area contributed by atoms with Crippen molar-refractivity contribution >= 4 is 40.2 Å². The molecule has 0 atom stereocenters. The number of aromatic carboxylic acids is 1. The van der Waals surface area contributed by atoms with Gasteiger partial charge in [-0.2, -0.15) is 23.0 Å². The summed E-state index contributed by atoms with van der Waals surface area (Å²) in [6.07, 6.45) is -3.52. The molecular weight excluding hydrogens is 480 g/mol. The Morgan fingerprint density at radius 3 is 2.50 bits per heavy atom. The zero-order valence-electron chi connectivity index (χ0n) is 17.1. The van der Waals surface area contributed by atoms with E-state index in [4.69, 9.17) is 16.7 Å². The fraction of sp³-hybridized carbons (Fsp3) is 0.0909. The van der Waals surface area contributed by atoms with E-state index in [1.165, 1.54) is 12.3 Å². The van der Waals surface area contributed by atoms with Crippen molar-refractivity contribution in [3.8, 4) is 11.3 Å². The van der Waals surface area contributed by atoms with Crippen molar-refractivity contribution in [1.29, 1.82) is 0 Å². The SMILES string of the molecule is CNc1cnc2c(-c3ccc(C(=O)O)cc3F)nn(C(=O)c3c(Cl)cccc3C(F)(F)F)c2c1. The molecule has 4 aromatic rings. The van der Waals surface area contributed by atoms with Crippen LogP contribution in [0.15, 0.2) is 48.7 Å². The number of rotatable bonds is 4. The van der Waals surface area contributed by atoms with Crippen LogP contribution in [0.2, 0.25) is 5.02 Å². The van der Waals surface area contributed by atoms with Crippen molar-refractivity contribution in [1.82, 2.24) is 14.8 Å². The Morgan fingerprint density at radius 2 is 1.88 bits per heavy atom. The monoisotopic (exact) mass is 492 g/mol. The van der Waals surface area contributed by atoms with Crippen LogP contribution in [0.3, 0.4) is 0 Å². The number of hydrogen-bond acceptors (Lipinski definition) is 5. The van der Waals surface area contributed by atoms with Gasteiger partial charge in [0.25, 0.3) is 5.91 Å². The minimum atomic E-state index is -4.88. The van der Waals surface area contributed by atoms with E-state index >= 15 is 0 Å². The van der Waals surface area contributed by atoms with Gasteiger partial charge in [-0.05, 0) is 36.4 Å². The standard InChI is InChI=1S/C22H13ClF4N4O3/c1-28-11-8-16-19(29-9-11)18(12-6-5-10(21(33)34)7-15(12)24)30-31(16)20(32)17-13(22(25,26)27)3-2-4-14(17)23/h2-9,28H,1H3,(H,33,34). The molecule has 2 heterocycles. The third kappa shape index (κ3) is 3.94. The predicted octanol–water partition coefficient (Wildman–Crippen LogP) is 5.34. The first kappa shape index (κ1) is 23.2. The van der Waals surface area contributed by atoms with Crippen molar-refractivity contribution < 1.29 is 32.3 Å². The lowest BCUT2D eigenvalue weighted by atomic mass is 10.1. The lowest BCUT2D eigenvalue weighted by Crippen LogP contribution is -2.20. The summed E-state index contributed by atoms with van der Waals surface area (Å²) in [5, 5.41) is 15.5. The van der Waals surface area contributed by atoms with Crippen LogP contribution in [0.4, 0.5) is 23.2 Å². The molecule has 0 aliphatic carbocycles. The average Bonchev–Trinajstić information content (AvgIpc) is 3.16. The second kappa shape index (κ2) is 8.41. The maximum atomic E-state index is 14.8. The van der Waals surface area contributed by atoms with Crippen LogP contribution >= 0.6 is 11.6 Å². The molecule has 2 N–H and O–H groups in total. The molecule has 0 unspecified atom stereocenters. The van der Waals surface area contributed by atoms with E-state index in [-0.39, 0.29) is 27.9 Å². The Kier molecular flexibility index (Phi) is 5.74. The molecule has 2 aromatic heterocycles. The summed E-state index contributed by atoms with van der Waals surface area (Å²) in [7, 11) is 1.56. The van der Waals surface area contributed by atoms with E-state index in [0.29, 0.717) is 16.4 Å². The third-order valence-electron chi connectivity index (χ3n) is 5.01. The van der Waals surface area contributed by atoms with Crippen LogP contribution in [-0.4, -0.2) is 38.8 Å². The van der Waals surface area contributed by atoms with Gasteiger partial charge in [-0.1, -0.05) is 17.7 Å². The molecule has 0 aliphatic rings. The summed E-state index contributed by atoms with van der Waals surface area (Å²) in [4.78, 5) is 28.6. The number of alkyl halides is 3. The number of nitrogens with zero attached hydrogens (tertiary/aromatic N) is 3. The van der Waals surface area contributed by atoms with Gasteiger partial charge in [0, 0.05) is 12.6 Å². The summed E-state index contributed by atoms with van der Waals surface area (Å²) in [5.74, 6) is -3.52. The van der Waals surface area contributed by atoms with Gasteiger partial charge in [-0.3, -0.25) is 9.78 Å². The van der Waals surface area contributed by atoms with E-state index in [1.807, 2.05) is 0 Å². The summed E-state index contributed by atoms with van der Waals surface area (Å²) in [6, 6.07) is 7.36. The van der Waals surface area contributed by atoms with Crippen LogP contribution in [0.1, 0.15) is 26.3 Å². The van der Waals surface area contributed by atoms with Gasteiger partial charge in [0.1, 0.15) is 17.0 Å². The van der Waals surface area contributed by atoms with E-state index in [0.717, 1.165) is 30.3 Å². The highest BCUT2D eigenvalue weighted by atomic mass is 35.5. The number of nitrogens with one attached hydrogen (secondary N) is 1. The molecule has 34 heavy (non-hydrogen) atoms. The van der Waals surface area contributed by atoms with Gasteiger partial charge < -0.3 is 10.4 Å². The van der Waals surface area contributed by atoms with Crippen LogP contribution in [0.5, 0.6) is 0 Å². The van der Waals surface area contributed by atoms with Crippen LogP contribution < -0.4 is 5.32 Å². The molecule has 174 valence electrons. The van der Waals surface area contributed by atoms with Gasteiger partial charge in [0.2, 0.25) is 0 Å². The molecule has 0 spiro atoms. The molecule has 7 nitrogen and oxygen atoms in total. The number of carboxylic acid groups (broad SMARTS) is 1. The summed E-state index contributed by atoms with van der Waals surface area (Å²) in [6.45, 7) is 0. The number of fused-ring (bicyclic) bond motifs is 1. The molecule has 0 fully saturated rings. The van der Waals surface area contributed by atoms with Crippen molar-refractivity contribution in [3.63, 3.8) is 0 Å². The maximum Gasteiger partial charge on any atom is 0.417 e. The largest absolute Gasteiger partial charge is 0.478 e. The fourth-order valence-electron chi connectivity index (χ4n) is 3.40. The number of halogens is 5. The molecule has 0 radical (unpaired) electrons. The van der Waals surface area contributed by atoms with E-state index < -0.39 is 40.0 Å². The van der Waals surface area contributed by atoms with E-state index in [2.05, 4.69) is 15.4 Å². The Balaban J connectivity index is 1.99. The maximum absolute atomic E-state index is 14.8. The first-order chi connectivity index (χ1) is 16.0. The highest BCUT2D eigenvalue weighted by Gasteiger charge is 2.37. The number of carbonyl (C=O) groups is 2. The molecule has 0 bridgehead atoms. The first-order valence-electron chi connectivity index (χ1n) is 9.53. The zero-order valence-corrected chi connectivity index (χ0v) is 17.9. The highest BCUT2D eigenvalue weighted by Crippen LogP contribution is 2.37. The van der Waals surface area contributed by atoms with E-state index in [9.17, 15) is 27.2 Å². The molecule has 0 aliphatic heterocycles. The third-order valence-corrected chi connectivity index (χ3v) is 5.32. The number of benzene rings is 2. The molecule has 0 amide bonds. The Labute approximate surface area is 193 Å². The lowest BCUT2D eigenvalue weighted by molar-refractivity contribution is -0.137. The number of hydrogen-bond donors (Lipinski definition) is 2. The lowest BCUT2D eigenvalue weighted by Gasteiger charge is -2.13. The number of pyridine rings is 1. The average molecular weight is 493 g/mol. The van der Waals surface area contributed by atoms with Crippen LogP contribution in [0.25, 0.3) is 22.3 Å². The highest BCUT2D eigenvalue weighted by molar-refractivity contribution is 6.34. The Morgan fingerprint density at radius 1 is 1.15 bits per heavy atom. The quantitative estimate of drug-likeness (QED) is 0.373. The first-order valence-corrected chi connectivity index (χ1v) is 9.91. The van der Waals surface area contributed by atoms with Crippen molar-refractivity contribution in [2.75, 3.05) is 12.4 Å². The number of carboxylic acids is 1.